The van der Waals surface area contributed by atoms with Gasteiger partial charge in [-0.05, 0) is 24.3 Å². The molecule has 0 saturated heterocycles. The first kappa shape index (κ1) is 14.5. The van der Waals surface area contributed by atoms with Gasteiger partial charge >= 0.3 is 0 Å². The Labute approximate surface area is 140 Å². The van der Waals surface area contributed by atoms with Gasteiger partial charge in [0.15, 0.2) is 5.13 Å². The Balaban J connectivity index is 1.30. The maximum atomic E-state index is 12.0. The third-order valence-corrected chi connectivity index (χ3v) is 5.18. The van der Waals surface area contributed by atoms with Crippen molar-refractivity contribution in [3.63, 3.8) is 0 Å². The van der Waals surface area contributed by atoms with Gasteiger partial charge in [0, 0.05) is 24.1 Å². The van der Waals surface area contributed by atoms with Crippen LogP contribution in [0.15, 0.2) is 27.4 Å². The summed E-state index contributed by atoms with van der Waals surface area (Å²) in [6, 6.07) is 3.87. The maximum Gasteiger partial charge on any atom is 0.227 e. The highest BCUT2D eigenvalue weighted by Crippen LogP contribution is 2.40. The van der Waals surface area contributed by atoms with Crippen molar-refractivity contribution in [2.75, 3.05) is 5.32 Å². The molecule has 3 aromatic heterocycles. The molecule has 4 rings (SSSR count). The average molecular weight is 346 g/mol. The molecular weight excluding hydrogens is 332 g/mol. The molecule has 1 N–H and O–H groups in total. The zero-order chi connectivity index (χ0) is 15.6. The van der Waals surface area contributed by atoms with Crippen LogP contribution >= 0.6 is 22.7 Å². The van der Waals surface area contributed by atoms with Crippen molar-refractivity contribution >= 4 is 33.7 Å². The summed E-state index contributed by atoms with van der Waals surface area (Å²) in [6.07, 6.45) is 3.14. The number of aromatic nitrogens is 3. The van der Waals surface area contributed by atoms with E-state index in [4.69, 9.17) is 4.52 Å². The first-order valence-corrected chi connectivity index (χ1v) is 9.15. The number of rotatable bonds is 6. The van der Waals surface area contributed by atoms with E-state index in [0.29, 0.717) is 35.6 Å². The number of thiophene rings is 1. The fourth-order valence-electron chi connectivity index (χ4n) is 2.17. The Kier molecular flexibility index (Phi) is 3.92. The van der Waals surface area contributed by atoms with E-state index in [1.54, 1.807) is 11.3 Å². The van der Waals surface area contributed by atoms with E-state index < -0.39 is 0 Å². The number of hydrogen-bond acceptors (Lipinski definition) is 7. The van der Waals surface area contributed by atoms with E-state index in [1.807, 2.05) is 22.9 Å². The van der Waals surface area contributed by atoms with Gasteiger partial charge in [0.05, 0.1) is 10.6 Å². The lowest BCUT2D eigenvalue weighted by Crippen LogP contribution is -2.12. The third kappa shape index (κ3) is 3.48. The van der Waals surface area contributed by atoms with E-state index in [0.717, 1.165) is 10.6 Å². The number of thiazole rings is 1. The zero-order valence-corrected chi connectivity index (χ0v) is 13.8. The lowest BCUT2D eigenvalue weighted by atomic mass is 10.3. The molecule has 1 aliphatic rings. The van der Waals surface area contributed by atoms with Gasteiger partial charge in [-0.2, -0.15) is 4.98 Å². The number of aryl methyl sites for hydroxylation is 1. The highest BCUT2D eigenvalue weighted by molar-refractivity contribution is 7.14. The summed E-state index contributed by atoms with van der Waals surface area (Å²) in [5, 5.41) is 11.4. The number of nitrogens with one attached hydrogen (secondary N) is 1. The molecule has 6 nitrogen and oxygen atoms in total. The molecule has 1 aliphatic carbocycles. The first-order valence-electron chi connectivity index (χ1n) is 7.39. The van der Waals surface area contributed by atoms with Crippen molar-refractivity contribution < 1.29 is 9.32 Å². The predicted octanol–water partition coefficient (Wildman–Crippen LogP) is 3.70. The molecule has 3 heterocycles. The molecule has 1 amide bonds. The van der Waals surface area contributed by atoms with Crippen LogP contribution in [0.25, 0.3) is 10.7 Å². The van der Waals surface area contributed by atoms with Crippen molar-refractivity contribution in [1.29, 1.82) is 0 Å². The molecule has 118 valence electrons. The molecular formula is C15H14N4O2S2. The van der Waals surface area contributed by atoms with Crippen LogP contribution in [0.1, 0.15) is 36.8 Å². The molecule has 0 atom stereocenters. The second-order valence-electron chi connectivity index (χ2n) is 5.39. The normalized spacial score (nSPS) is 14.1. The Morgan fingerprint density at radius 3 is 3.04 bits per heavy atom. The van der Waals surface area contributed by atoms with Gasteiger partial charge in [-0.3, -0.25) is 4.79 Å². The Bertz CT molecular complexity index is 805. The van der Waals surface area contributed by atoms with Crippen LogP contribution in [0.5, 0.6) is 0 Å². The number of amides is 1. The molecule has 1 saturated carbocycles. The van der Waals surface area contributed by atoms with E-state index in [9.17, 15) is 4.79 Å². The summed E-state index contributed by atoms with van der Waals surface area (Å²) in [6.45, 7) is 0. The van der Waals surface area contributed by atoms with Crippen LogP contribution < -0.4 is 5.32 Å². The molecule has 0 radical (unpaired) electrons. The van der Waals surface area contributed by atoms with Gasteiger partial charge in [0.25, 0.3) is 0 Å². The van der Waals surface area contributed by atoms with Gasteiger partial charge in [-0.1, -0.05) is 11.2 Å². The summed E-state index contributed by atoms with van der Waals surface area (Å²) in [5.74, 6) is 1.56. The SMILES string of the molecule is O=C(CCc1nc(-c2cccs2)no1)Nc1nc(C2CC2)cs1. The molecule has 0 unspecified atom stereocenters. The third-order valence-electron chi connectivity index (χ3n) is 3.54. The number of nitrogens with zero attached hydrogens (tertiary/aromatic N) is 3. The summed E-state index contributed by atoms with van der Waals surface area (Å²) < 4.78 is 5.19. The highest BCUT2D eigenvalue weighted by atomic mass is 32.1. The van der Waals surface area contributed by atoms with Crippen molar-refractivity contribution in [2.45, 2.75) is 31.6 Å². The number of hydrogen-bond donors (Lipinski definition) is 1. The van der Waals surface area contributed by atoms with E-state index in [1.165, 1.54) is 24.2 Å². The quantitative estimate of drug-likeness (QED) is 0.736. The molecule has 1 fully saturated rings. The van der Waals surface area contributed by atoms with E-state index in [2.05, 4.69) is 20.4 Å². The number of carbonyl (C=O) groups excluding carboxylic acids is 1. The van der Waals surface area contributed by atoms with Crippen molar-refractivity contribution in [3.05, 3.63) is 34.5 Å². The summed E-state index contributed by atoms with van der Waals surface area (Å²) >= 11 is 3.03. The van der Waals surface area contributed by atoms with Gasteiger partial charge in [-0.25, -0.2) is 4.98 Å². The van der Waals surface area contributed by atoms with Gasteiger partial charge in [-0.15, -0.1) is 22.7 Å². The van der Waals surface area contributed by atoms with Crippen LogP contribution in [0.2, 0.25) is 0 Å². The average Bonchev–Trinajstić information content (AvgIpc) is 3.00. The van der Waals surface area contributed by atoms with Crippen LogP contribution in [0.3, 0.4) is 0 Å². The van der Waals surface area contributed by atoms with Gasteiger partial charge in [0.1, 0.15) is 0 Å². The Hall–Kier alpha value is -2.06. The van der Waals surface area contributed by atoms with E-state index >= 15 is 0 Å². The minimum absolute atomic E-state index is 0.0856. The van der Waals surface area contributed by atoms with Crippen molar-refractivity contribution in [1.82, 2.24) is 15.1 Å². The van der Waals surface area contributed by atoms with Crippen LogP contribution in [-0.4, -0.2) is 21.0 Å². The second-order valence-corrected chi connectivity index (χ2v) is 7.19. The molecule has 23 heavy (non-hydrogen) atoms. The van der Waals surface area contributed by atoms with Crippen LogP contribution in [0, 0.1) is 0 Å². The van der Waals surface area contributed by atoms with Crippen molar-refractivity contribution in [3.8, 4) is 10.7 Å². The molecule has 0 aromatic carbocycles. The Morgan fingerprint density at radius 2 is 2.26 bits per heavy atom. The molecule has 0 spiro atoms. The maximum absolute atomic E-state index is 12.0. The lowest BCUT2D eigenvalue weighted by molar-refractivity contribution is -0.116. The highest BCUT2D eigenvalue weighted by Gasteiger charge is 2.26. The fourth-order valence-corrected chi connectivity index (χ4v) is 3.63. The van der Waals surface area contributed by atoms with E-state index in [-0.39, 0.29) is 5.91 Å². The first-order chi connectivity index (χ1) is 11.3. The van der Waals surface area contributed by atoms with Crippen LogP contribution in [0.4, 0.5) is 5.13 Å². The summed E-state index contributed by atoms with van der Waals surface area (Å²) in [5.41, 5.74) is 1.10. The van der Waals surface area contributed by atoms with Crippen LogP contribution in [-0.2, 0) is 11.2 Å². The summed E-state index contributed by atoms with van der Waals surface area (Å²) in [7, 11) is 0. The number of carbonyl (C=O) groups is 1. The fraction of sp³-hybridized carbons (Fsp3) is 0.333. The smallest absolute Gasteiger partial charge is 0.227 e. The number of anilines is 1. The predicted molar refractivity (Wildman–Crippen MR) is 88.7 cm³/mol. The monoisotopic (exact) mass is 346 g/mol. The summed E-state index contributed by atoms with van der Waals surface area (Å²) in [4.78, 5) is 21.7. The molecule has 3 aromatic rings. The van der Waals surface area contributed by atoms with Gasteiger partial charge < -0.3 is 9.84 Å². The van der Waals surface area contributed by atoms with Gasteiger partial charge in [0.2, 0.25) is 17.6 Å². The second kappa shape index (κ2) is 6.21. The zero-order valence-electron chi connectivity index (χ0n) is 12.2. The minimum atomic E-state index is -0.0856. The minimum Gasteiger partial charge on any atom is -0.339 e. The standard InChI is InChI=1S/C15H14N4O2S2/c20-12(17-15-16-10(8-23-15)9-3-4-9)5-6-13-18-14(19-21-13)11-2-1-7-22-11/h1-2,7-9H,3-6H2,(H,16,17,20). The molecule has 0 bridgehead atoms. The lowest BCUT2D eigenvalue weighted by Gasteiger charge is -1.99. The largest absolute Gasteiger partial charge is 0.339 e. The topological polar surface area (TPSA) is 80.9 Å². The van der Waals surface area contributed by atoms with Crippen molar-refractivity contribution in [2.24, 2.45) is 0 Å². The molecule has 8 heteroatoms. The molecule has 0 aliphatic heterocycles. The Morgan fingerprint density at radius 1 is 1.35 bits per heavy atom.